The van der Waals surface area contributed by atoms with Crippen LogP contribution in [-0.2, 0) is 9.59 Å². The molecule has 0 aromatic carbocycles. The molecule has 17 heavy (non-hydrogen) atoms. The van der Waals surface area contributed by atoms with Gasteiger partial charge in [-0.25, -0.2) is 4.79 Å². The maximum Gasteiger partial charge on any atom is 0.326 e. The summed E-state index contributed by atoms with van der Waals surface area (Å²) in [7, 11) is 0. The highest BCUT2D eigenvalue weighted by Crippen LogP contribution is 2.22. The zero-order chi connectivity index (χ0) is 12.8. The molecule has 1 aromatic rings. The first-order chi connectivity index (χ1) is 8.02. The van der Waals surface area contributed by atoms with Gasteiger partial charge in [0.05, 0.1) is 4.34 Å². The average molecular weight is 274 g/mol. The molecule has 1 heterocycles. The maximum absolute atomic E-state index is 11.4. The third kappa shape index (κ3) is 4.58. The van der Waals surface area contributed by atoms with Gasteiger partial charge in [0.15, 0.2) is 0 Å². The van der Waals surface area contributed by atoms with Crippen molar-refractivity contribution in [3.63, 3.8) is 0 Å². The van der Waals surface area contributed by atoms with Gasteiger partial charge in [0, 0.05) is 11.0 Å². The number of halogens is 1. The smallest absolute Gasteiger partial charge is 0.326 e. The van der Waals surface area contributed by atoms with Gasteiger partial charge in [0.25, 0.3) is 0 Å². The molecule has 0 aliphatic heterocycles. The third-order valence-electron chi connectivity index (χ3n) is 2.02. The van der Waals surface area contributed by atoms with Crippen LogP contribution in [0.15, 0.2) is 18.2 Å². The van der Waals surface area contributed by atoms with Gasteiger partial charge in [-0.1, -0.05) is 18.5 Å². The first kappa shape index (κ1) is 13.7. The number of hydrogen-bond donors (Lipinski definition) is 2. The molecule has 0 fully saturated rings. The first-order valence-corrected chi connectivity index (χ1v) is 6.19. The number of amides is 1. The molecular formula is C11H12ClNO3S. The number of carboxylic acid groups (broad SMARTS) is 1. The topological polar surface area (TPSA) is 66.4 Å². The van der Waals surface area contributed by atoms with Crippen molar-refractivity contribution in [2.24, 2.45) is 0 Å². The molecule has 0 saturated carbocycles. The molecule has 0 unspecified atom stereocenters. The lowest BCUT2D eigenvalue weighted by Gasteiger charge is -2.09. The molecule has 92 valence electrons. The second kappa shape index (κ2) is 6.42. The van der Waals surface area contributed by atoms with E-state index in [1.165, 1.54) is 17.4 Å². The third-order valence-corrected chi connectivity index (χ3v) is 3.21. The van der Waals surface area contributed by atoms with Crippen LogP contribution in [0.4, 0.5) is 0 Å². The van der Waals surface area contributed by atoms with E-state index in [0.29, 0.717) is 10.8 Å². The average Bonchev–Trinajstić information content (AvgIpc) is 2.68. The number of rotatable bonds is 5. The predicted molar refractivity (Wildman–Crippen MR) is 68.2 cm³/mol. The van der Waals surface area contributed by atoms with Gasteiger partial charge in [-0.05, 0) is 24.6 Å². The van der Waals surface area contributed by atoms with Gasteiger partial charge >= 0.3 is 5.97 Å². The fraction of sp³-hybridized carbons (Fsp3) is 0.273. The van der Waals surface area contributed by atoms with E-state index in [2.05, 4.69) is 5.32 Å². The lowest BCUT2D eigenvalue weighted by atomic mass is 10.2. The van der Waals surface area contributed by atoms with Crippen molar-refractivity contribution in [1.82, 2.24) is 5.32 Å². The van der Waals surface area contributed by atoms with Crippen LogP contribution < -0.4 is 5.32 Å². The van der Waals surface area contributed by atoms with Crippen molar-refractivity contribution in [3.05, 3.63) is 27.4 Å². The number of hydrogen-bond acceptors (Lipinski definition) is 3. The van der Waals surface area contributed by atoms with Crippen LogP contribution in [0.1, 0.15) is 18.2 Å². The van der Waals surface area contributed by atoms with E-state index in [1.807, 2.05) is 0 Å². The Bertz CT molecular complexity index is 442. The zero-order valence-corrected chi connectivity index (χ0v) is 10.7. The fourth-order valence-electron chi connectivity index (χ4n) is 1.13. The quantitative estimate of drug-likeness (QED) is 0.810. The molecule has 0 aliphatic carbocycles. The summed E-state index contributed by atoms with van der Waals surface area (Å²) in [5.74, 6) is -1.46. The minimum atomic E-state index is -1.03. The summed E-state index contributed by atoms with van der Waals surface area (Å²) in [4.78, 5) is 22.9. The minimum absolute atomic E-state index is 0.347. The van der Waals surface area contributed by atoms with Crippen molar-refractivity contribution in [1.29, 1.82) is 0 Å². The first-order valence-electron chi connectivity index (χ1n) is 4.99. The van der Waals surface area contributed by atoms with Crippen molar-refractivity contribution in [2.45, 2.75) is 19.4 Å². The van der Waals surface area contributed by atoms with Gasteiger partial charge in [-0.15, -0.1) is 11.3 Å². The van der Waals surface area contributed by atoms with E-state index >= 15 is 0 Å². The highest BCUT2D eigenvalue weighted by molar-refractivity contribution is 7.17. The van der Waals surface area contributed by atoms with Crippen LogP contribution in [0.5, 0.6) is 0 Å². The molecule has 1 rings (SSSR count). The standard InChI is InChI=1S/C11H12ClNO3S/c1-2-8(11(15)16)13-10(14)6-4-7-3-5-9(12)17-7/h3-6,8H,2H2,1H3,(H,13,14)(H,15,16)/b6-4+/t8-/m0/s1. The molecule has 1 amide bonds. The summed E-state index contributed by atoms with van der Waals surface area (Å²) in [5.41, 5.74) is 0. The van der Waals surface area contributed by atoms with E-state index in [0.717, 1.165) is 4.88 Å². The predicted octanol–water partition coefficient (Wildman–Crippen LogP) is 2.39. The van der Waals surface area contributed by atoms with E-state index in [4.69, 9.17) is 16.7 Å². The second-order valence-corrected chi connectivity index (χ2v) is 5.03. The Labute approximate surface area is 108 Å². The van der Waals surface area contributed by atoms with Crippen molar-refractivity contribution < 1.29 is 14.7 Å². The lowest BCUT2D eigenvalue weighted by molar-refractivity contribution is -0.141. The van der Waals surface area contributed by atoms with Gasteiger partial charge in [-0.2, -0.15) is 0 Å². The largest absolute Gasteiger partial charge is 0.480 e. The molecule has 0 spiro atoms. The fourth-order valence-corrected chi connectivity index (χ4v) is 2.10. The molecule has 0 radical (unpaired) electrons. The van der Waals surface area contributed by atoms with Gasteiger partial charge in [0.1, 0.15) is 6.04 Å². The number of carboxylic acids is 1. The van der Waals surface area contributed by atoms with E-state index in [1.54, 1.807) is 25.1 Å². The van der Waals surface area contributed by atoms with Crippen LogP contribution in [-0.4, -0.2) is 23.0 Å². The molecular weight excluding hydrogens is 262 g/mol. The number of carbonyl (C=O) groups is 2. The monoisotopic (exact) mass is 273 g/mol. The summed E-state index contributed by atoms with van der Waals surface area (Å²) >= 11 is 7.07. The molecule has 6 heteroatoms. The zero-order valence-electron chi connectivity index (χ0n) is 9.14. The van der Waals surface area contributed by atoms with Crippen LogP contribution in [0.2, 0.25) is 4.34 Å². The molecule has 2 N–H and O–H groups in total. The molecule has 1 aromatic heterocycles. The van der Waals surface area contributed by atoms with Crippen molar-refractivity contribution in [2.75, 3.05) is 0 Å². The van der Waals surface area contributed by atoms with Crippen LogP contribution in [0.3, 0.4) is 0 Å². The van der Waals surface area contributed by atoms with E-state index in [9.17, 15) is 9.59 Å². The Morgan fingerprint density at radius 2 is 2.29 bits per heavy atom. The van der Waals surface area contributed by atoms with Crippen molar-refractivity contribution in [3.8, 4) is 0 Å². The minimum Gasteiger partial charge on any atom is -0.480 e. The molecule has 1 atom stereocenters. The van der Waals surface area contributed by atoms with Crippen LogP contribution in [0, 0.1) is 0 Å². The summed E-state index contributed by atoms with van der Waals surface area (Å²) < 4.78 is 0.641. The molecule has 4 nitrogen and oxygen atoms in total. The SMILES string of the molecule is CC[C@H](NC(=O)/C=C/c1ccc(Cl)s1)C(=O)O. The van der Waals surface area contributed by atoms with E-state index < -0.39 is 17.9 Å². The highest BCUT2D eigenvalue weighted by Gasteiger charge is 2.15. The van der Waals surface area contributed by atoms with Gasteiger partial charge in [0.2, 0.25) is 5.91 Å². The molecule has 0 bridgehead atoms. The number of nitrogens with one attached hydrogen (secondary N) is 1. The maximum atomic E-state index is 11.4. The normalized spacial score (nSPS) is 12.6. The molecule has 0 saturated heterocycles. The summed E-state index contributed by atoms with van der Waals surface area (Å²) in [6, 6.07) is 2.67. The van der Waals surface area contributed by atoms with E-state index in [-0.39, 0.29) is 0 Å². The van der Waals surface area contributed by atoms with Gasteiger partial charge in [-0.3, -0.25) is 4.79 Å². The van der Waals surface area contributed by atoms with Crippen LogP contribution >= 0.6 is 22.9 Å². The highest BCUT2D eigenvalue weighted by atomic mass is 35.5. The second-order valence-electron chi connectivity index (χ2n) is 3.28. The Kier molecular flexibility index (Phi) is 5.18. The summed E-state index contributed by atoms with van der Waals surface area (Å²) in [5, 5.41) is 11.1. The number of aliphatic carboxylic acids is 1. The molecule has 0 aliphatic rings. The Hall–Kier alpha value is -1.33. The Morgan fingerprint density at radius 1 is 1.59 bits per heavy atom. The van der Waals surface area contributed by atoms with Crippen molar-refractivity contribution >= 4 is 40.9 Å². The lowest BCUT2D eigenvalue weighted by Crippen LogP contribution is -2.39. The number of thiophene rings is 1. The Morgan fingerprint density at radius 3 is 2.76 bits per heavy atom. The van der Waals surface area contributed by atoms with Crippen LogP contribution in [0.25, 0.3) is 6.08 Å². The Balaban J connectivity index is 2.54. The summed E-state index contributed by atoms with van der Waals surface area (Å²) in [6.07, 6.45) is 3.24. The summed E-state index contributed by atoms with van der Waals surface area (Å²) in [6.45, 7) is 1.70. The number of carbonyl (C=O) groups excluding carboxylic acids is 1. The van der Waals surface area contributed by atoms with Gasteiger partial charge < -0.3 is 10.4 Å².